The zero-order chi connectivity index (χ0) is 22.2. The quantitative estimate of drug-likeness (QED) is 0.391. The highest BCUT2D eigenvalue weighted by atomic mass is 32.2. The first-order valence-electron chi connectivity index (χ1n) is 9.90. The Morgan fingerprint density at radius 2 is 1.84 bits per heavy atom. The number of carbonyl (C=O) groups excluding carboxylic acids is 2. The molecule has 2 aromatic carbocycles. The molecule has 0 atom stereocenters. The van der Waals surface area contributed by atoms with Crippen molar-refractivity contribution in [2.45, 2.75) is 32.2 Å². The highest BCUT2D eigenvalue weighted by Gasteiger charge is 2.12. The number of thioether (sulfide) groups is 1. The molecule has 1 amide bonds. The number of rotatable bonds is 9. The topological polar surface area (TPSA) is 93.4 Å². The first kappa shape index (κ1) is 22.6. The fourth-order valence-electron chi connectivity index (χ4n) is 2.88. The molecule has 1 heterocycles. The van der Waals surface area contributed by atoms with Gasteiger partial charge in [0.1, 0.15) is 0 Å². The summed E-state index contributed by atoms with van der Waals surface area (Å²) in [5.41, 5.74) is 3.89. The van der Waals surface area contributed by atoms with Crippen molar-refractivity contribution in [2.75, 3.05) is 17.7 Å². The number of carbonyl (C=O) groups is 2. The highest BCUT2D eigenvalue weighted by Crippen LogP contribution is 2.20. The Morgan fingerprint density at radius 3 is 2.48 bits per heavy atom. The summed E-state index contributed by atoms with van der Waals surface area (Å²) in [6.45, 7) is 4.54. The number of aliphatic hydroxyl groups excluding tert-OH is 1. The van der Waals surface area contributed by atoms with Gasteiger partial charge in [-0.3, -0.25) is 4.79 Å². The number of aliphatic hydroxyl groups is 1. The van der Waals surface area contributed by atoms with Gasteiger partial charge in [-0.05, 0) is 43.7 Å². The Hall–Kier alpha value is -3.10. The van der Waals surface area contributed by atoms with Crippen LogP contribution < -0.4 is 5.32 Å². The third-order valence-corrected chi connectivity index (χ3v) is 5.43. The van der Waals surface area contributed by atoms with E-state index in [1.807, 2.05) is 23.6 Å². The number of benzene rings is 2. The van der Waals surface area contributed by atoms with E-state index in [0.29, 0.717) is 35.3 Å². The fraction of sp³-hybridized carbons (Fsp3) is 0.261. The maximum absolute atomic E-state index is 12.4. The second-order valence-corrected chi connectivity index (χ2v) is 7.86. The van der Waals surface area contributed by atoms with Crippen LogP contribution in [0.15, 0.2) is 59.9 Å². The van der Waals surface area contributed by atoms with Gasteiger partial charge < -0.3 is 19.7 Å². The van der Waals surface area contributed by atoms with Gasteiger partial charge in [0.2, 0.25) is 5.91 Å². The molecule has 2 N–H and O–H groups in total. The third-order valence-electron chi connectivity index (χ3n) is 4.44. The first-order valence-corrected chi connectivity index (χ1v) is 10.9. The van der Waals surface area contributed by atoms with Gasteiger partial charge in [0.25, 0.3) is 0 Å². The summed E-state index contributed by atoms with van der Waals surface area (Å²) >= 11 is 1.30. The molecule has 1 aromatic heterocycles. The first-order chi connectivity index (χ1) is 15.0. The van der Waals surface area contributed by atoms with E-state index in [9.17, 15) is 14.7 Å². The van der Waals surface area contributed by atoms with Gasteiger partial charge >= 0.3 is 5.97 Å². The van der Waals surface area contributed by atoms with Crippen molar-refractivity contribution >= 4 is 29.3 Å². The standard InChI is InChI=1S/C23H25N3O4S/c1-3-30-22(29)18-8-10-19(11-9-18)24-21(28)15-31-23-25-20(14-27)13-26(23)12-17-6-4-16(2)5-7-17/h4-11,13,27H,3,12,14-15H2,1-2H3,(H,24,28). The van der Waals surface area contributed by atoms with Gasteiger partial charge in [-0.1, -0.05) is 41.6 Å². The molecule has 0 aliphatic carbocycles. The minimum absolute atomic E-state index is 0.159. The van der Waals surface area contributed by atoms with E-state index >= 15 is 0 Å². The molecule has 7 nitrogen and oxygen atoms in total. The van der Waals surface area contributed by atoms with E-state index in [0.717, 1.165) is 5.56 Å². The summed E-state index contributed by atoms with van der Waals surface area (Å²) in [6, 6.07) is 14.8. The zero-order valence-electron chi connectivity index (χ0n) is 17.5. The maximum Gasteiger partial charge on any atom is 0.338 e. The number of ether oxygens (including phenoxy) is 1. The van der Waals surface area contributed by atoms with Crippen LogP contribution in [0.5, 0.6) is 0 Å². The highest BCUT2D eigenvalue weighted by molar-refractivity contribution is 7.99. The van der Waals surface area contributed by atoms with Crippen LogP contribution in [0.25, 0.3) is 0 Å². The summed E-state index contributed by atoms with van der Waals surface area (Å²) in [7, 11) is 0. The van der Waals surface area contributed by atoms with Crippen LogP contribution in [0.3, 0.4) is 0 Å². The predicted molar refractivity (Wildman–Crippen MR) is 120 cm³/mol. The van der Waals surface area contributed by atoms with Crippen molar-refractivity contribution in [1.29, 1.82) is 0 Å². The number of aryl methyl sites for hydroxylation is 1. The fourth-order valence-corrected chi connectivity index (χ4v) is 3.67. The summed E-state index contributed by atoms with van der Waals surface area (Å²) < 4.78 is 6.88. The largest absolute Gasteiger partial charge is 0.462 e. The molecule has 0 saturated carbocycles. The Bertz CT molecular complexity index is 1030. The van der Waals surface area contributed by atoms with E-state index in [-0.39, 0.29) is 18.3 Å². The Kier molecular flexibility index (Phi) is 7.86. The van der Waals surface area contributed by atoms with E-state index in [2.05, 4.69) is 22.4 Å². The van der Waals surface area contributed by atoms with Gasteiger partial charge in [-0.25, -0.2) is 9.78 Å². The Labute approximate surface area is 185 Å². The minimum Gasteiger partial charge on any atom is -0.462 e. The van der Waals surface area contributed by atoms with Crippen LogP contribution in [0.1, 0.15) is 34.1 Å². The molecule has 3 rings (SSSR count). The number of nitrogens with one attached hydrogen (secondary N) is 1. The van der Waals surface area contributed by atoms with Gasteiger partial charge in [-0.15, -0.1) is 0 Å². The summed E-state index contributed by atoms with van der Waals surface area (Å²) in [4.78, 5) is 28.5. The molecule has 0 aliphatic rings. The number of nitrogens with zero attached hydrogens (tertiary/aromatic N) is 2. The number of imidazole rings is 1. The molecule has 0 aliphatic heterocycles. The molecule has 31 heavy (non-hydrogen) atoms. The van der Waals surface area contributed by atoms with E-state index in [4.69, 9.17) is 4.74 Å². The van der Waals surface area contributed by atoms with Crippen molar-refractivity contribution in [3.63, 3.8) is 0 Å². The average Bonchev–Trinajstić information content (AvgIpc) is 3.16. The number of hydrogen-bond acceptors (Lipinski definition) is 6. The van der Waals surface area contributed by atoms with Gasteiger partial charge in [-0.2, -0.15) is 0 Å². The summed E-state index contributed by atoms with van der Waals surface area (Å²) in [5.74, 6) is -0.421. The molecular formula is C23H25N3O4S. The number of amides is 1. The Morgan fingerprint density at radius 1 is 1.13 bits per heavy atom. The lowest BCUT2D eigenvalue weighted by Gasteiger charge is -2.09. The van der Waals surface area contributed by atoms with Crippen molar-refractivity contribution in [3.8, 4) is 0 Å². The normalized spacial score (nSPS) is 10.7. The van der Waals surface area contributed by atoms with E-state index < -0.39 is 5.97 Å². The van der Waals surface area contributed by atoms with Crippen molar-refractivity contribution < 1.29 is 19.4 Å². The lowest BCUT2D eigenvalue weighted by Crippen LogP contribution is -2.15. The van der Waals surface area contributed by atoms with Crippen LogP contribution in [0.2, 0.25) is 0 Å². The maximum atomic E-state index is 12.4. The predicted octanol–water partition coefficient (Wildman–Crippen LogP) is 3.64. The molecule has 0 unspecified atom stereocenters. The summed E-state index contributed by atoms with van der Waals surface area (Å²) in [6.07, 6.45) is 1.80. The van der Waals surface area contributed by atoms with E-state index in [1.165, 1.54) is 17.3 Å². The molecule has 0 saturated heterocycles. The molecule has 0 radical (unpaired) electrons. The lowest BCUT2D eigenvalue weighted by atomic mass is 10.1. The van der Waals surface area contributed by atoms with Crippen LogP contribution in [0.4, 0.5) is 5.69 Å². The molecule has 0 bridgehead atoms. The van der Waals surface area contributed by atoms with Gasteiger partial charge in [0.05, 0.1) is 30.2 Å². The molecule has 3 aromatic rings. The minimum atomic E-state index is -0.393. The van der Waals surface area contributed by atoms with Crippen molar-refractivity contribution in [3.05, 3.63) is 77.1 Å². The van der Waals surface area contributed by atoms with Gasteiger partial charge in [0, 0.05) is 18.4 Å². The Balaban J connectivity index is 1.60. The second kappa shape index (κ2) is 10.8. The summed E-state index contributed by atoms with van der Waals surface area (Å²) in [5, 5.41) is 12.9. The van der Waals surface area contributed by atoms with E-state index in [1.54, 1.807) is 37.4 Å². The second-order valence-electron chi connectivity index (χ2n) is 6.92. The van der Waals surface area contributed by atoms with Crippen LogP contribution in [-0.2, 0) is 22.7 Å². The number of esters is 1. The van der Waals surface area contributed by atoms with Crippen LogP contribution >= 0.6 is 11.8 Å². The molecule has 162 valence electrons. The SMILES string of the molecule is CCOC(=O)c1ccc(NC(=O)CSc2nc(CO)cn2Cc2ccc(C)cc2)cc1. The van der Waals surface area contributed by atoms with Crippen molar-refractivity contribution in [2.24, 2.45) is 0 Å². The molecule has 0 fully saturated rings. The average molecular weight is 440 g/mol. The van der Waals surface area contributed by atoms with Gasteiger partial charge in [0.15, 0.2) is 5.16 Å². The smallest absolute Gasteiger partial charge is 0.338 e. The monoisotopic (exact) mass is 439 g/mol. The van der Waals surface area contributed by atoms with Crippen LogP contribution in [0, 0.1) is 6.92 Å². The number of hydrogen-bond donors (Lipinski definition) is 2. The number of anilines is 1. The third kappa shape index (κ3) is 6.44. The zero-order valence-corrected chi connectivity index (χ0v) is 18.3. The molecular weight excluding hydrogens is 414 g/mol. The molecule has 8 heteroatoms. The molecule has 0 spiro atoms. The van der Waals surface area contributed by atoms with Crippen LogP contribution in [-0.4, -0.2) is 38.9 Å². The van der Waals surface area contributed by atoms with Crippen molar-refractivity contribution in [1.82, 2.24) is 9.55 Å². The number of aromatic nitrogens is 2. The lowest BCUT2D eigenvalue weighted by molar-refractivity contribution is -0.113.